The first-order chi connectivity index (χ1) is 21.0. The molecule has 3 saturated heterocycles. The number of benzene rings is 2. The van der Waals surface area contributed by atoms with Crippen LogP contribution in [-0.2, 0) is 17.1 Å². The predicted molar refractivity (Wildman–Crippen MR) is 159 cm³/mol. The number of hydrogen-bond acceptors (Lipinski definition) is 6. The van der Waals surface area contributed by atoms with Crippen LogP contribution >= 0.6 is 0 Å². The summed E-state index contributed by atoms with van der Waals surface area (Å²) in [6.07, 6.45) is -4.09. The number of carbonyl (C=O) groups excluding carboxylic acids is 1. The fraction of sp³-hybridized carbons (Fsp3) is 0.594. The Morgan fingerprint density at radius 1 is 0.727 bits per heavy atom. The summed E-state index contributed by atoms with van der Waals surface area (Å²) in [5, 5.41) is 3.42. The van der Waals surface area contributed by atoms with Crippen molar-refractivity contribution in [1.29, 1.82) is 0 Å². The Morgan fingerprint density at radius 2 is 1.18 bits per heavy atom. The molecule has 0 aromatic heterocycles. The number of aldehydes is 1. The van der Waals surface area contributed by atoms with Gasteiger partial charge in [-0.05, 0) is 87.1 Å². The average Bonchev–Trinajstić information content (AvgIpc) is 3.03. The Balaban J connectivity index is 1.14. The summed E-state index contributed by atoms with van der Waals surface area (Å²) in [6.45, 7) is 7.94. The summed E-state index contributed by atoms with van der Waals surface area (Å²) >= 11 is 0. The van der Waals surface area contributed by atoms with Crippen molar-refractivity contribution in [2.24, 2.45) is 5.41 Å². The number of piperazine rings is 2. The molecule has 3 fully saturated rings. The van der Waals surface area contributed by atoms with Crippen LogP contribution in [0, 0.1) is 5.41 Å². The van der Waals surface area contributed by atoms with E-state index in [-0.39, 0.29) is 11.5 Å². The molecule has 0 bridgehead atoms. The van der Waals surface area contributed by atoms with Crippen LogP contribution in [0.2, 0.25) is 0 Å². The monoisotopic (exact) mass is 625 g/mol. The van der Waals surface area contributed by atoms with Crippen molar-refractivity contribution in [3.05, 3.63) is 59.7 Å². The molecule has 0 spiro atoms. The summed E-state index contributed by atoms with van der Waals surface area (Å²) in [7, 11) is 0. The number of halogens is 6. The third kappa shape index (κ3) is 7.87. The number of anilines is 2. The lowest BCUT2D eigenvalue weighted by Crippen LogP contribution is -2.55. The van der Waals surface area contributed by atoms with Crippen molar-refractivity contribution in [3.8, 4) is 0 Å². The van der Waals surface area contributed by atoms with Gasteiger partial charge in [0.25, 0.3) is 0 Å². The smallest absolute Gasteiger partial charge is 0.369 e. The number of nitrogens with one attached hydrogen (secondary N) is 1. The zero-order chi connectivity index (χ0) is 31.4. The van der Waals surface area contributed by atoms with Crippen molar-refractivity contribution < 1.29 is 31.1 Å². The number of hydrogen-bond donors (Lipinski definition) is 1. The molecule has 0 radical (unpaired) electrons. The Bertz CT molecular complexity index is 1160. The van der Waals surface area contributed by atoms with Gasteiger partial charge >= 0.3 is 12.4 Å². The Kier molecular flexibility index (Phi) is 10.1. The molecule has 12 heteroatoms. The first kappa shape index (κ1) is 32.6. The number of piperidine rings is 1. The quantitative estimate of drug-likeness (QED) is 0.298. The van der Waals surface area contributed by atoms with E-state index < -0.39 is 23.5 Å². The number of alkyl halides is 6. The van der Waals surface area contributed by atoms with Crippen LogP contribution in [0.5, 0.6) is 0 Å². The second-order valence-electron chi connectivity index (χ2n) is 12.3. The standard InChI is InChI=1S/C32H41F6N5O/c33-31(34,35)25-4-1-6-27(22-25)42-18-14-40(15-19-42)12-9-30(8-3-11-39-29(30)24-44)10-13-41-16-20-43(21-17-41)28-7-2-5-26(23-28)32(36,37)38/h1-2,4-7,22-24,29,39H,3,8-21H2. The van der Waals surface area contributed by atoms with Crippen LogP contribution < -0.4 is 15.1 Å². The molecule has 1 atom stereocenters. The SMILES string of the molecule is O=CC1NCCCC1(CCN1CCN(c2cccc(C(F)(F)F)c2)CC1)CCN1CCN(c2cccc(C(F)(F)F)c2)CC1. The summed E-state index contributed by atoms with van der Waals surface area (Å²) in [5.74, 6) is 0. The minimum atomic E-state index is -4.37. The molecule has 5 rings (SSSR count). The van der Waals surface area contributed by atoms with Crippen LogP contribution in [0.1, 0.15) is 36.8 Å². The zero-order valence-electron chi connectivity index (χ0n) is 24.8. The number of carbonyl (C=O) groups is 1. The Morgan fingerprint density at radius 3 is 1.59 bits per heavy atom. The van der Waals surface area contributed by atoms with Gasteiger partial charge in [0.1, 0.15) is 6.29 Å². The topological polar surface area (TPSA) is 42.1 Å². The van der Waals surface area contributed by atoms with Crippen LogP contribution in [0.15, 0.2) is 48.5 Å². The second-order valence-corrected chi connectivity index (χ2v) is 12.3. The summed E-state index contributed by atoms with van der Waals surface area (Å²) in [6, 6.07) is 10.7. The normalized spacial score (nSPS) is 22.3. The molecule has 0 saturated carbocycles. The third-order valence-corrected chi connectivity index (χ3v) is 9.69. The van der Waals surface area contributed by atoms with Crippen LogP contribution in [-0.4, -0.2) is 94.1 Å². The molecule has 3 heterocycles. The van der Waals surface area contributed by atoms with E-state index in [0.717, 1.165) is 89.9 Å². The number of nitrogens with zero attached hydrogens (tertiary/aromatic N) is 4. The van der Waals surface area contributed by atoms with Gasteiger partial charge in [-0.15, -0.1) is 0 Å². The molecule has 3 aliphatic rings. The first-order valence-corrected chi connectivity index (χ1v) is 15.4. The predicted octanol–water partition coefficient (Wildman–Crippen LogP) is 5.39. The van der Waals surface area contributed by atoms with Crippen LogP contribution in [0.4, 0.5) is 37.7 Å². The van der Waals surface area contributed by atoms with Gasteiger partial charge in [-0.1, -0.05) is 12.1 Å². The van der Waals surface area contributed by atoms with Gasteiger partial charge in [-0.2, -0.15) is 26.3 Å². The molecule has 3 aliphatic heterocycles. The fourth-order valence-corrected chi connectivity index (χ4v) is 6.93. The van der Waals surface area contributed by atoms with E-state index in [0.29, 0.717) is 37.6 Å². The van der Waals surface area contributed by atoms with E-state index in [9.17, 15) is 31.1 Å². The van der Waals surface area contributed by atoms with Gasteiger partial charge in [-0.25, -0.2) is 0 Å². The number of rotatable bonds is 9. The van der Waals surface area contributed by atoms with Gasteiger partial charge in [0.15, 0.2) is 0 Å². The minimum Gasteiger partial charge on any atom is -0.369 e. The minimum absolute atomic E-state index is 0.198. The molecule has 2 aromatic carbocycles. The third-order valence-electron chi connectivity index (χ3n) is 9.69. The molecule has 1 N–H and O–H groups in total. The fourth-order valence-electron chi connectivity index (χ4n) is 6.93. The van der Waals surface area contributed by atoms with E-state index in [1.807, 2.05) is 9.80 Å². The molecule has 6 nitrogen and oxygen atoms in total. The van der Waals surface area contributed by atoms with Crippen molar-refractivity contribution in [1.82, 2.24) is 15.1 Å². The molecular weight excluding hydrogens is 584 g/mol. The van der Waals surface area contributed by atoms with Crippen molar-refractivity contribution in [2.45, 2.75) is 44.1 Å². The summed E-state index contributed by atoms with van der Waals surface area (Å²) in [5.41, 5.74) is -0.304. The van der Waals surface area contributed by atoms with Crippen LogP contribution in [0.3, 0.4) is 0 Å². The van der Waals surface area contributed by atoms with Gasteiger partial charge in [0.05, 0.1) is 17.2 Å². The first-order valence-electron chi connectivity index (χ1n) is 15.4. The summed E-state index contributed by atoms with van der Waals surface area (Å²) in [4.78, 5) is 20.9. The molecule has 0 aliphatic carbocycles. The molecule has 0 amide bonds. The molecule has 1 unspecified atom stereocenters. The highest BCUT2D eigenvalue weighted by Gasteiger charge is 2.41. The van der Waals surface area contributed by atoms with Crippen molar-refractivity contribution in [3.63, 3.8) is 0 Å². The molecule has 242 valence electrons. The van der Waals surface area contributed by atoms with Gasteiger partial charge in [0.2, 0.25) is 0 Å². The lowest BCUT2D eigenvalue weighted by molar-refractivity contribution is -0.138. The van der Waals surface area contributed by atoms with Crippen molar-refractivity contribution in [2.75, 3.05) is 81.8 Å². The molecular formula is C32H41F6N5O. The highest BCUT2D eigenvalue weighted by atomic mass is 19.4. The highest BCUT2D eigenvalue weighted by molar-refractivity contribution is 5.59. The molecule has 2 aromatic rings. The van der Waals surface area contributed by atoms with Gasteiger partial charge in [0, 0.05) is 63.7 Å². The largest absolute Gasteiger partial charge is 0.416 e. The summed E-state index contributed by atoms with van der Waals surface area (Å²) < 4.78 is 79.2. The van der Waals surface area contributed by atoms with Crippen molar-refractivity contribution >= 4 is 17.7 Å². The van der Waals surface area contributed by atoms with E-state index in [1.54, 1.807) is 12.1 Å². The van der Waals surface area contributed by atoms with E-state index >= 15 is 0 Å². The van der Waals surface area contributed by atoms with Gasteiger partial charge < -0.3 is 19.9 Å². The lowest BCUT2D eigenvalue weighted by Gasteiger charge is -2.46. The maximum Gasteiger partial charge on any atom is 0.416 e. The second kappa shape index (κ2) is 13.7. The maximum atomic E-state index is 13.2. The average molecular weight is 626 g/mol. The molecule has 44 heavy (non-hydrogen) atoms. The lowest BCUT2D eigenvalue weighted by atomic mass is 9.69. The Labute approximate surface area is 255 Å². The van der Waals surface area contributed by atoms with E-state index in [4.69, 9.17) is 0 Å². The zero-order valence-corrected chi connectivity index (χ0v) is 24.8. The maximum absolute atomic E-state index is 13.2. The Hall–Kier alpha value is -2.83. The van der Waals surface area contributed by atoms with E-state index in [2.05, 4.69) is 15.1 Å². The van der Waals surface area contributed by atoms with E-state index in [1.165, 1.54) is 24.3 Å². The van der Waals surface area contributed by atoms with Crippen LogP contribution in [0.25, 0.3) is 0 Å². The highest BCUT2D eigenvalue weighted by Crippen LogP contribution is 2.39. The van der Waals surface area contributed by atoms with Gasteiger partial charge in [-0.3, -0.25) is 9.80 Å².